The lowest BCUT2D eigenvalue weighted by atomic mass is 9.94. The SMILES string of the molecule is Cc1nc([C@H]2CCCN(C(=O)C[C@@H]3CCc4ccccc43)C2)no1. The summed E-state index contributed by atoms with van der Waals surface area (Å²) in [5.41, 5.74) is 2.78. The average molecular weight is 325 g/mol. The van der Waals surface area contributed by atoms with Gasteiger partial charge in [-0.05, 0) is 42.7 Å². The molecule has 2 heterocycles. The number of carbonyl (C=O) groups is 1. The van der Waals surface area contributed by atoms with Crippen LogP contribution in [0.2, 0.25) is 0 Å². The molecule has 1 fully saturated rings. The van der Waals surface area contributed by atoms with E-state index in [0.29, 0.717) is 24.8 Å². The Balaban J connectivity index is 1.41. The molecule has 1 saturated heterocycles. The number of aryl methyl sites for hydroxylation is 2. The molecule has 24 heavy (non-hydrogen) atoms. The van der Waals surface area contributed by atoms with Gasteiger partial charge in [-0.3, -0.25) is 4.79 Å². The maximum Gasteiger partial charge on any atom is 0.223 e. The average Bonchev–Trinajstić information content (AvgIpc) is 3.22. The highest BCUT2D eigenvalue weighted by Crippen LogP contribution is 2.36. The first-order valence-electron chi connectivity index (χ1n) is 8.86. The van der Waals surface area contributed by atoms with Gasteiger partial charge in [0.15, 0.2) is 5.82 Å². The third-order valence-corrected chi connectivity index (χ3v) is 5.36. The zero-order chi connectivity index (χ0) is 16.5. The number of likely N-dealkylation sites (tertiary alicyclic amines) is 1. The number of hydrogen-bond acceptors (Lipinski definition) is 4. The Kier molecular flexibility index (Phi) is 4.08. The highest BCUT2D eigenvalue weighted by atomic mass is 16.5. The van der Waals surface area contributed by atoms with Crippen LogP contribution in [0.4, 0.5) is 0 Å². The predicted octanol–water partition coefficient (Wildman–Crippen LogP) is 3.20. The predicted molar refractivity (Wildman–Crippen MR) is 89.7 cm³/mol. The molecule has 1 aliphatic heterocycles. The highest BCUT2D eigenvalue weighted by Gasteiger charge is 2.30. The monoisotopic (exact) mass is 325 g/mol. The fourth-order valence-corrected chi connectivity index (χ4v) is 4.09. The molecule has 0 unspecified atom stereocenters. The zero-order valence-electron chi connectivity index (χ0n) is 14.1. The van der Waals surface area contributed by atoms with Crippen molar-refractivity contribution in [3.63, 3.8) is 0 Å². The van der Waals surface area contributed by atoms with Crippen LogP contribution in [0.5, 0.6) is 0 Å². The summed E-state index contributed by atoms with van der Waals surface area (Å²) in [6.07, 6.45) is 4.83. The molecule has 0 saturated carbocycles. The van der Waals surface area contributed by atoms with Crippen molar-refractivity contribution in [1.82, 2.24) is 15.0 Å². The van der Waals surface area contributed by atoms with E-state index < -0.39 is 0 Å². The van der Waals surface area contributed by atoms with E-state index in [2.05, 4.69) is 34.4 Å². The van der Waals surface area contributed by atoms with Gasteiger partial charge < -0.3 is 9.42 Å². The summed E-state index contributed by atoms with van der Waals surface area (Å²) in [7, 11) is 0. The summed E-state index contributed by atoms with van der Waals surface area (Å²) in [5, 5.41) is 4.04. The normalized spacial score (nSPS) is 23.3. The number of nitrogens with zero attached hydrogens (tertiary/aromatic N) is 3. The summed E-state index contributed by atoms with van der Waals surface area (Å²) in [6.45, 7) is 3.37. The molecule has 2 atom stereocenters. The molecule has 0 radical (unpaired) electrons. The summed E-state index contributed by atoms with van der Waals surface area (Å²) in [5.74, 6) is 2.19. The Morgan fingerprint density at radius 1 is 1.33 bits per heavy atom. The number of benzene rings is 1. The first-order chi connectivity index (χ1) is 11.7. The fourth-order valence-electron chi connectivity index (χ4n) is 4.09. The smallest absolute Gasteiger partial charge is 0.223 e. The van der Waals surface area contributed by atoms with Crippen molar-refractivity contribution in [3.05, 3.63) is 47.1 Å². The molecular weight excluding hydrogens is 302 g/mol. The van der Waals surface area contributed by atoms with Crippen LogP contribution in [0.3, 0.4) is 0 Å². The standard InChI is InChI=1S/C19H23N3O2/c1-13-20-19(21-24-13)16-6-4-10-22(12-16)18(23)11-15-9-8-14-5-2-3-7-17(14)15/h2-3,5,7,15-16H,4,6,8-12H2,1H3/t15-,16-/m0/s1. The third-order valence-electron chi connectivity index (χ3n) is 5.36. The maximum absolute atomic E-state index is 12.8. The quantitative estimate of drug-likeness (QED) is 0.869. The van der Waals surface area contributed by atoms with Gasteiger partial charge in [-0.15, -0.1) is 0 Å². The minimum atomic E-state index is 0.205. The molecule has 5 heteroatoms. The van der Waals surface area contributed by atoms with Gasteiger partial charge in [0.2, 0.25) is 11.8 Å². The van der Waals surface area contributed by atoms with E-state index in [4.69, 9.17) is 4.52 Å². The van der Waals surface area contributed by atoms with Gasteiger partial charge in [0.05, 0.1) is 0 Å². The fraction of sp³-hybridized carbons (Fsp3) is 0.526. The summed E-state index contributed by atoms with van der Waals surface area (Å²) in [4.78, 5) is 19.2. The summed E-state index contributed by atoms with van der Waals surface area (Å²) in [6, 6.07) is 8.54. The number of hydrogen-bond donors (Lipinski definition) is 0. The number of carbonyl (C=O) groups excluding carboxylic acids is 1. The summed E-state index contributed by atoms with van der Waals surface area (Å²) >= 11 is 0. The molecular formula is C19H23N3O2. The van der Waals surface area contributed by atoms with E-state index in [1.807, 2.05) is 4.90 Å². The number of rotatable bonds is 3. The maximum atomic E-state index is 12.8. The van der Waals surface area contributed by atoms with Crippen LogP contribution < -0.4 is 0 Å². The molecule has 0 spiro atoms. The third kappa shape index (κ3) is 2.95. The van der Waals surface area contributed by atoms with Crippen LogP contribution in [0, 0.1) is 6.92 Å². The summed E-state index contributed by atoms with van der Waals surface area (Å²) < 4.78 is 5.10. The number of fused-ring (bicyclic) bond motifs is 1. The van der Waals surface area contributed by atoms with E-state index in [9.17, 15) is 4.79 Å². The first kappa shape index (κ1) is 15.4. The second-order valence-corrected chi connectivity index (χ2v) is 6.99. The van der Waals surface area contributed by atoms with Crippen molar-refractivity contribution < 1.29 is 9.32 Å². The van der Waals surface area contributed by atoms with Gasteiger partial charge in [0.25, 0.3) is 0 Å². The van der Waals surface area contributed by atoms with Crippen LogP contribution in [0.1, 0.15) is 60.4 Å². The lowest BCUT2D eigenvalue weighted by Gasteiger charge is -2.32. The van der Waals surface area contributed by atoms with E-state index in [1.165, 1.54) is 11.1 Å². The first-order valence-corrected chi connectivity index (χ1v) is 8.86. The van der Waals surface area contributed by atoms with Crippen LogP contribution in [0.25, 0.3) is 0 Å². The Labute approximate surface area is 142 Å². The molecule has 0 N–H and O–H groups in total. The van der Waals surface area contributed by atoms with Gasteiger partial charge in [0, 0.05) is 32.4 Å². The number of piperidine rings is 1. The van der Waals surface area contributed by atoms with Gasteiger partial charge in [-0.1, -0.05) is 29.4 Å². The Hall–Kier alpha value is -2.17. The molecule has 5 nitrogen and oxygen atoms in total. The minimum Gasteiger partial charge on any atom is -0.342 e. The molecule has 1 aromatic heterocycles. The molecule has 2 aromatic rings. The van der Waals surface area contributed by atoms with Crippen LogP contribution in [-0.4, -0.2) is 34.0 Å². The van der Waals surface area contributed by atoms with Gasteiger partial charge in [0.1, 0.15) is 0 Å². The van der Waals surface area contributed by atoms with Gasteiger partial charge in [-0.2, -0.15) is 4.98 Å². The van der Waals surface area contributed by atoms with E-state index in [-0.39, 0.29) is 11.8 Å². The molecule has 2 aliphatic rings. The second kappa shape index (κ2) is 6.38. The lowest BCUT2D eigenvalue weighted by molar-refractivity contribution is -0.132. The topological polar surface area (TPSA) is 59.2 Å². The minimum absolute atomic E-state index is 0.205. The van der Waals surface area contributed by atoms with E-state index >= 15 is 0 Å². The Morgan fingerprint density at radius 3 is 3.04 bits per heavy atom. The Morgan fingerprint density at radius 2 is 2.21 bits per heavy atom. The van der Waals surface area contributed by atoms with Gasteiger partial charge in [-0.25, -0.2) is 0 Å². The van der Waals surface area contributed by atoms with Gasteiger partial charge >= 0.3 is 0 Å². The number of amides is 1. The van der Waals surface area contributed by atoms with Crippen molar-refractivity contribution in [2.45, 2.75) is 50.9 Å². The second-order valence-electron chi connectivity index (χ2n) is 6.99. The molecule has 1 aliphatic carbocycles. The zero-order valence-corrected chi connectivity index (χ0v) is 14.1. The lowest BCUT2D eigenvalue weighted by Crippen LogP contribution is -2.39. The van der Waals surface area contributed by atoms with Crippen molar-refractivity contribution in [2.75, 3.05) is 13.1 Å². The van der Waals surface area contributed by atoms with E-state index in [0.717, 1.165) is 38.1 Å². The van der Waals surface area contributed by atoms with Crippen molar-refractivity contribution in [2.24, 2.45) is 0 Å². The largest absolute Gasteiger partial charge is 0.342 e. The van der Waals surface area contributed by atoms with Crippen LogP contribution in [0.15, 0.2) is 28.8 Å². The molecule has 4 rings (SSSR count). The van der Waals surface area contributed by atoms with Crippen molar-refractivity contribution >= 4 is 5.91 Å². The molecule has 0 bridgehead atoms. The van der Waals surface area contributed by atoms with Crippen molar-refractivity contribution in [3.8, 4) is 0 Å². The molecule has 1 aromatic carbocycles. The Bertz CT molecular complexity index is 740. The highest BCUT2D eigenvalue weighted by molar-refractivity contribution is 5.77. The van der Waals surface area contributed by atoms with Crippen molar-refractivity contribution in [1.29, 1.82) is 0 Å². The molecule has 1 amide bonds. The number of aromatic nitrogens is 2. The van der Waals surface area contributed by atoms with E-state index in [1.54, 1.807) is 6.92 Å². The molecule has 126 valence electrons. The van der Waals surface area contributed by atoms with Crippen LogP contribution >= 0.6 is 0 Å². The van der Waals surface area contributed by atoms with Crippen LogP contribution in [-0.2, 0) is 11.2 Å².